The van der Waals surface area contributed by atoms with Crippen LogP contribution in [0.25, 0.3) is 33.8 Å². The van der Waals surface area contributed by atoms with Gasteiger partial charge in [0.05, 0.1) is 72.9 Å². The van der Waals surface area contributed by atoms with Gasteiger partial charge in [-0.1, -0.05) is 25.3 Å². The molecule has 2 atom stereocenters. The summed E-state index contributed by atoms with van der Waals surface area (Å²) in [6.45, 7) is 6.62. The van der Waals surface area contributed by atoms with Gasteiger partial charge in [-0.25, -0.2) is 13.1 Å². The van der Waals surface area contributed by atoms with E-state index in [9.17, 15) is 18.0 Å². The van der Waals surface area contributed by atoms with E-state index in [1.54, 1.807) is 27.0 Å². The van der Waals surface area contributed by atoms with E-state index in [1.165, 1.54) is 12.0 Å². The molecule has 290 valence electrons. The predicted molar refractivity (Wildman–Crippen MR) is 213 cm³/mol. The van der Waals surface area contributed by atoms with E-state index in [2.05, 4.69) is 37.1 Å². The Morgan fingerprint density at radius 3 is 2.33 bits per heavy atom. The van der Waals surface area contributed by atoms with Gasteiger partial charge >= 0.3 is 0 Å². The standard InChI is InChI=1S/C43H51N5O6S/c1-25(2)55(51,52)45-42(49)28-13-17-36-37(21-28)46-22-30(19-29-20-34(53-4)16-18-35(29)41(46)39(36)27-9-6-5-7-10-27)40-38(26(3)44-48(40)31-11-8-12-31)43(50)47-32-14-15-33(47)24-54-23-32/h13,16-21,25,27,31-33H,5-12,14-15,22-24H2,1-4H3,(H,45,49). The Balaban J connectivity index is 1.28. The first-order chi connectivity index (χ1) is 26.5. The number of carbonyl (C=O) groups is 2. The molecule has 0 spiro atoms. The number of carbonyl (C=O) groups excluding carboxylic acids is 2. The van der Waals surface area contributed by atoms with Crippen molar-refractivity contribution in [2.45, 2.75) is 121 Å². The van der Waals surface area contributed by atoms with Gasteiger partial charge < -0.3 is 18.9 Å². The largest absolute Gasteiger partial charge is 0.497 e. The zero-order valence-electron chi connectivity index (χ0n) is 32.3. The van der Waals surface area contributed by atoms with Crippen molar-refractivity contribution in [2.75, 3.05) is 20.3 Å². The van der Waals surface area contributed by atoms with Crippen LogP contribution >= 0.6 is 0 Å². The van der Waals surface area contributed by atoms with Crippen LogP contribution in [0.1, 0.15) is 133 Å². The molecule has 5 heterocycles. The van der Waals surface area contributed by atoms with Crippen molar-refractivity contribution in [1.29, 1.82) is 0 Å². The fourth-order valence-electron chi connectivity index (χ4n) is 9.73. The number of rotatable bonds is 8. The number of hydrogen-bond acceptors (Lipinski definition) is 7. The molecule has 2 bridgehead atoms. The second-order valence-electron chi connectivity index (χ2n) is 16.5. The molecule has 9 rings (SSSR count). The van der Waals surface area contributed by atoms with Crippen LogP contribution in [-0.4, -0.2) is 77.1 Å². The lowest BCUT2D eigenvalue weighted by atomic mass is 9.81. The topological polar surface area (TPSA) is 125 Å². The first-order valence-electron chi connectivity index (χ1n) is 20.1. The number of fused-ring (bicyclic) bond motifs is 7. The SMILES string of the molecule is COc1ccc2c(c1)C=C(c1c(C(=O)N3C4CCC3COC4)c(C)nn1C1CCC1)Cn1c-2c(C2CCCCC2)c2ccc(C(=O)NS(=O)(=O)C(C)C)cc21. The second kappa shape index (κ2) is 14.0. The number of amides is 2. The van der Waals surface area contributed by atoms with Crippen LogP contribution in [0.5, 0.6) is 5.75 Å². The Kier molecular flexibility index (Phi) is 9.19. The van der Waals surface area contributed by atoms with Crippen molar-refractivity contribution in [3.63, 3.8) is 0 Å². The molecule has 5 aliphatic rings. The van der Waals surface area contributed by atoms with Gasteiger partial charge in [-0.2, -0.15) is 5.10 Å². The van der Waals surface area contributed by atoms with Gasteiger partial charge in [-0.15, -0.1) is 0 Å². The van der Waals surface area contributed by atoms with Crippen molar-refractivity contribution in [2.24, 2.45) is 0 Å². The average molecular weight is 766 g/mol. The molecule has 2 aromatic carbocycles. The summed E-state index contributed by atoms with van der Waals surface area (Å²) in [4.78, 5) is 30.6. The summed E-state index contributed by atoms with van der Waals surface area (Å²) in [6.07, 6.45) is 12.9. The van der Waals surface area contributed by atoms with E-state index in [0.717, 1.165) is 108 Å². The number of ether oxygens (including phenoxy) is 2. The van der Waals surface area contributed by atoms with Crippen molar-refractivity contribution < 1.29 is 27.5 Å². The summed E-state index contributed by atoms with van der Waals surface area (Å²) in [5, 5.41) is 5.47. The van der Waals surface area contributed by atoms with Crippen LogP contribution in [0.2, 0.25) is 0 Å². The molecule has 0 radical (unpaired) electrons. The second-order valence-corrected chi connectivity index (χ2v) is 18.8. The summed E-state index contributed by atoms with van der Waals surface area (Å²) in [6, 6.07) is 12.2. The molecule has 3 aliphatic heterocycles. The minimum atomic E-state index is -3.84. The van der Waals surface area contributed by atoms with Crippen molar-refractivity contribution >= 4 is 44.4 Å². The van der Waals surface area contributed by atoms with Crippen molar-refractivity contribution in [3.8, 4) is 17.0 Å². The maximum absolute atomic E-state index is 14.9. The third-order valence-electron chi connectivity index (χ3n) is 12.9. The van der Waals surface area contributed by atoms with Gasteiger partial charge in [0.25, 0.3) is 11.8 Å². The molecule has 1 N–H and O–H groups in total. The van der Waals surface area contributed by atoms with E-state index in [-0.39, 0.29) is 29.6 Å². The zero-order chi connectivity index (χ0) is 38.2. The first kappa shape index (κ1) is 36.2. The molecule has 2 aromatic heterocycles. The van der Waals surface area contributed by atoms with Crippen LogP contribution in [0.3, 0.4) is 0 Å². The lowest BCUT2D eigenvalue weighted by Gasteiger charge is -2.35. The molecule has 11 nitrogen and oxygen atoms in total. The van der Waals surface area contributed by atoms with E-state index in [4.69, 9.17) is 14.6 Å². The molecule has 55 heavy (non-hydrogen) atoms. The summed E-state index contributed by atoms with van der Waals surface area (Å²) in [5.41, 5.74) is 8.80. The minimum absolute atomic E-state index is 0.0238. The summed E-state index contributed by atoms with van der Waals surface area (Å²) in [5.74, 6) is 0.442. The molecule has 12 heteroatoms. The average Bonchev–Trinajstić information content (AvgIpc) is 3.70. The number of benzene rings is 2. The predicted octanol–water partition coefficient (Wildman–Crippen LogP) is 7.62. The molecule has 4 aromatic rings. The highest BCUT2D eigenvalue weighted by Crippen LogP contribution is 2.49. The number of aryl methyl sites for hydroxylation is 1. The maximum Gasteiger partial charge on any atom is 0.264 e. The summed E-state index contributed by atoms with van der Waals surface area (Å²) in [7, 11) is -2.16. The van der Waals surface area contributed by atoms with Gasteiger partial charge in [0.1, 0.15) is 5.75 Å². The van der Waals surface area contributed by atoms with Gasteiger partial charge in [-0.05, 0) is 125 Å². The number of allylic oxidation sites excluding steroid dienone is 1. The van der Waals surface area contributed by atoms with Crippen LogP contribution in [0, 0.1) is 6.92 Å². The Labute approximate surface area is 323 Å². The molecular weight excluding hydrogens is 715 g/mol. The highest BCUT2D eigenvalue weighted by molar-refractivity contribution is 7.90. The quantitative estimate of drug-likeness (QED) is 0.196. The van der Waals surface area contributed by atoms with Crippen molar-refractivity contribution in [1.82, 2.24) is 24.0 Å². The monoisotopic (exact) mass is 765 g/mol. The van der Waals surface area contributed by atoms with E-state index >= 15 is 0 Å². The highest BCUT2D eigenvalue weighted by Gasteiger charge is 2.43. The summed E-state index contributed by atoms with van der Waals surface area (Å²) < 4.78 is 44.1. The normalized spacial score (nSPS) is 21.5. The van der Waals surface area contributed by atoms with Gasteiger partial charge in [0.2, 0.25) is 10.0 Å². The zero-order valence-corrected chi connectivity index (χ0v) is 33.1. The number of hydrogen-bond donors (Lipinski definition) is 1. The number of nitrogens with zero attached hydrogens (tertiary/aromatic N) is 4. The molecule has 2 saturated heterocycles. The number of aromatic nitrogens is 3. The lowest BCUT2D eigenvalue weighted by molar-refractivity contribution is -0.00722. The van der Waals surface area contributed by atoms with Gasteiger partial charge in [-0.3, -0.25) is 14.3 Å². The van der Waals surface area contributed by atoms with Gasteiger partial charge in [0.15, 0.2) is 0 Å². The Bertz CT molecular complexity index is 2330. The number of morpholine rings is 1. The van der Waals surface area contributed by atoms with Crippen LogP contribution < -0.4 is 9.46 Å². The molecule has 2 unspecified atom stereocenters. The minimum Gasteiger partial charge on any atom is -0.497 e. The third kappa shape index (κ3) is 6.11. The Morgan fingerprint density at radius 1 is 0.909 bits per heavy atom. The molecule has 2 saturated carbocycles. The number of methoxy groups -OCH3 is 1. The third-order valence-corrected chi connectivity index (χ3v) is 14.6. The lowest BCUT2D eigenvalue weighted by Crippen LogP contribution is -2.49. The van der Waals surface area contributed by atoms with Crippen LogP contribution in [-0.2, 0) is 21.3 Å². The van der Waals surface area contributed by atoms with E-state index in [1.807, 2.05) is 25.1 Å². The Morgan fingerprint density at radius 2 is 1.65 bits per heavy atom. The molecular formula is C43H51N5O6S. The van der Waals surface area contributed by atoms with Crippen LogP contribution in [0.4, 0.5) is 0 Å². The Hall–Kier alpha value is -4.42. The molecule has 2 aliphatic carbocycles. The van der Waals surface area contributed by atoms with E-state index in [0.29, 0.717) is 31.2 Å². The first-order valence-corrected chi connectivity index (χ1v) is 21.7. The van der Waals surface area contributed by atoms with Crippen LogP contribution in [0.15, 0.2) is 36.4 Å². The summed E-state index contributed by atoms with van der Waals surface area (Å²) >= 11 is 0. The molecule has 2 amide bonds. The number of nitrogens with one attached hydrogen (secondary N) is 1. The highest BCUT2D eigenvalue weighted by atomic mass is 32.2. The van der Waals surface area contributed by atoms with Gasteiger partial charge in [0, 0.05) is 22.0 Å². The van der Waals surface area contributed by atoms with Crippen molar-refractivity contribution in [3.05, 3.63) is 70.0 Å². The van der Waals surface area contributed by atoms with E-state index < -0.39 is 21.2 Å². The fraction of sp³-hybridized carbons (Fsp3) is 0.512. The fourth-order valence-corrected chi connectivity index (χ4v) is 10.3. The smallest absolute Gasteiger partial charge is 0.264 e. The molecule has 4 fully saturated rings. The number of sulfonamides is 1. The maximum atomic E-state index is 14.9.